The summed E-state index contributed by atoms with van der Waals surface area (Å²) in [4.78, 5) is 1.21. The van der Waals surface area contributed by atoms with Crippen LogP contribution < -0.4 is 10.2 Å². The van der Waals surface area contributed by atoms with Gasteiger partial charge >= 0.3 is 0 Å². The molecule has 2 atom stereocenters. The van der Waals surface area contributed by atoms with Gasteiger partial charge in [0.1, 0.15) is 11.8 Å². The zero-order chi connectivity index (χ0) is 18.7. The molecule has 1 aliphatic rings. The molecule has 0 bridgehead atoms. The van der Waals surface area contributed by atoms with Crippen LogP contribution in [-0.4, -0.2) is 42.3 Å². The zero-order valence-corrected chi connectivity index (χ0v) is 17.5. The molecule has 0 radical (unpaired) electrons. The topological polar surface area (TPSA) is 68.4 Å². The molecule has 3 rings (SSSR count). The Morgan fingerprint density at radius 3 is 2.65 bits per heavy atom. The van der Waals surface area contributed by atoms with Gasteiger partial charge < -0.3 is 10.2 Å². The smallest absolute Gasteiger partial charge is 0.209 e. The molecule has 1 saturated heterocycles. The van der Waals surface area contributed by atoms with E-state index in [1.165, 1.54) is 21.8 Å². The number of rotatable bonds is 7. The average Bonchev–Trinajstić information content (AvgIpc) is 3.15. The second-order valence-electron chi connectivity index (χ2n) is 6.62. The molecule has 2 N–H and O–H groups in total. The number of nitrogens with zero attached hydrogens (tertiary/aromatic N) is 2. The molecule has 0 saturated carbocycles. The van der Waals surface area contributed by atoms with E-state index in [0.29, 0.717) is 16.4 Å². The first-order valence-corrected chi connectivity index (χ1v) is 11.9. The summed E-state index contributed by atoms with van der Waals surface area (Å²) in [6.07, 6.45) is 1.73. The van der Waals surface area contributed by atoms with Crippen LogP contribution in [0.2, 0.25) is 0 Å². The Morgan fingerprint density at radius 1 is 1.35 bits per heavy atom. The predicted octanol–water partition coefficient (Wildman–Crippen LogP) is 2.03. The van der Waals surface area contributed by atoms with Crippen LogP contribution in [0.4, 0.5) is 10.8 Å². The lowest BCUT2D eigenvalue weighted by Gasteiger charge is -2.23. The van der Waals surface area contributed by atoms with Crippen LogP contribution in [0, 0.1) is 3.95 Å². The third kappa shape index (κ3) is 4.70. The molecular formula is C17H25N4O2S3+. The monoisotopic (exact) mass is 413 g/mol. The highest BCUT2D eigenvalue weighted by molar-refractivity contribution is 7.91. The van der Waals surface area contributed by atoms with Gasteiger partial charge in [0.05, 0.1) is 12.3 Å². The highest BCUT2D eigenvalue weighted by Gasteiger charge is 2.35. The van der Waals surface area contributed by atoms with Gasteiger partial charge in [-0.2, -0.15) is 4.68 Å². The second kappa shape index (κ2) is 8.16. The van der Waals surface area contributed by atoms with Crippen molar-refractivity contribution in [3.63, 3.8) is 0 Å². The minimum atomic E-state index is -2.88. The number of benzene rings is 1. The van der Waals surface area contributed by atoms with Crippen molar-refractivity contribution >= 4 is 44.2 Å². The number of aromatic nitrogens is 2. The number of hydrogen-bond donors (Lipinski definition) is 2. The van der Waals surface area contributed by atoms with E-state index in [1.54, 1.807) is 0 Å². The Labute approximate surface area is 163 Å². The molecule has 1 aromatic carbocycles. The van der Waals surface area contributed by atoms with Gasteiger partial charge in [-0.05, 0) is 43.3 Å². The Morgan fingerprint density at radius 2 is 2.08 bits per heavy atom. The van der Waals surface area contributed by atoms with E-state index in [1.807, 2.05) is 16.8 Å². The lowest BCUT2D eigenvalue weighted by Crippen LogP contribution is -3.15. The molecular weight excluding hydrogens is 388 g/mol. The third-order valence-corrected chi connectivity index (χ3v) is 7.83. The molecule has 26 heavy (non-hydrogen) atoms. The van der Waals surface area contributed by atoms with Gasteiger partial charge in [0, 0.05) is 12.1 Å². The molecule has 2 heterocycles. The van der Waals surface area contributed by atoms with Gasteiger partial charge in [0.2, 0.25) is 5.13 Å². The number of hydrogen-bond acceptors (Lipinski definition) is 6. The molecule has 0 amide bonds. The molecule has 0 spiro atoms. The molecule has 1 fully saturated rings. The Bertz CT molecular complexity index is 903. The van der Waals surface area contributed by atoms with Crippen LogP contribution in [0.25, 0.3) is 0 Å². The SMILES string of the molecule is CCc1ccc(Nc2nn(C[NH+](CC)[C@@H]3CCS(=O)(=O)C3)c(=S)s2)cc1. The first kappa shape index (κ1) is 19.5. The number of quaternary nitrogens is 1. The quantitative estimate of drug-likeness (QED) is 0.680. The van der Waals surface area contributed by atoms with Crippen LogP contribution in [0.1, 0.15) is 25.8 Å². The average molecular weight is 414 g/mol. The van der Waals surface area contributed by atoms with Crippen molar-refractivity contribution in [3.8, 4) is 0 Å². The van der Waals surface area contributed by atoms with Crippen LogP contribution in [-0.2, 0) is 22.9 Å². The Balaban J connectivity index is 1.69. The van der Waals surface area contributed by atoms with E-state index in [-0.39, 0.29) is 11.8 Å². The van der Waals surface area contributed by atoms with E-state index in [9.17, 15) is 8.42 Å². The minimum absolute atomic E-state index is 0.131. The summed E-state index contributed by atoms with van der Waals surface area (Å²) < 4.78 is 26.0. The summed E-state index contributed by atoms with van der Waals surface area (Å²) in [5.74, 6) is 0.562. The fraction of sp³-hybridized carbons (Fsp3) is 0.529. The molecule has 6 nitrogen and oxygen atoms in total. The molecule has 9 heteroatoms. The summed E-state index contributed by atoms with van der Waals surface area (Å²) in [6, 6.07) is 8.41. The van der Waals surface area contributed by atoms with Crippen molar-refractivity contribution < 1.29 is 13.3 Å². The summed E-state index contributed by atoms with van der Waals surface area (Å²) >= 11 is 6.90. The third-order valence-electron chi connectivity index (χ3n) is 4.84. The molecule has 2 aromatic rings. The molecule has 1 aromatic heterocycles. The second-order valence-corrected chi connectivity index (χ2v) is 10.5. The van der Waals surface area contributed by atoms with Crippen molar-refractivity contribution in [2.45, 2.75) is 39.4 Å². The first-order valence-electron chi connectivity index (χ1n) is 8.89. The van der Waals surface area contributed by atoms with E-state index in [0.717, 1.165) is 30.2 Å². The van der Waals surface area contributed by atoms with Crippen LogP contribution >= 0.6 is 23.6 Å². The van der Waals surface area contributed by atoms with E-state index in [2.05, 4.69) is 36.4 Å². The Kier molecular flexibility index (Phi) is 6.11. The molecule has 142 valence electrons. The van der Waals surface area contributed by atoms with Gasteiger partial charge in [-0.1, -0.05) is 30.4 Å². The highest BCUT2D eigenvalue weighted by Crippen LogP contribution is 2.20. The molecule has 0 aliphatic carbocycles. The summed E-state index contributed by atoms with van der Waals surface area (Å²) in [5, 5.41) is 8.66. The van der Waals surface area contributed by atoms with E-state index in [4.69, 9.17) is 12.2 Å². The maximum absolute atomic E-state index is 11.8. The number of aryl methyl sites for hydroxylation is 1. The Hall–Kier alpha value is -1.29. The van der Waals surface area contributed by atoms with Crippen LogP contribution in [0.3, 0.4) is 0 Å². The van der Waals surface area contributed by atoms with Crippen molar-refractivity contribution in [3.05, 3.63) is 33.8 Å². The normalized spacial score (nSPS) is 20.2. The van der Waals surface area contributed by atoms with Crippen molar-refractivity contribution in [2.24, 2.45) is 0 Å². The maximum atomic E-state index is 11.8. The van der Waals surface area contributed by atoms with Gasteiger partial charge in [-0.15, -0.1) is 5.10 Å². The maximum Gasteiger partial charge on any atom is 0.209 e. The van der Waals surface area contributed by atoms with Gasteiger partial charge in [-0.25, -0.2) is 8.42 Å². The lowest BCUT2D eigenvalue weighted by atomic mass is 10.1. The van der Waals surface area contributed by atoms with E-state index < -0.39 is 9.84 Å². The van der Waals surface area contributed by atoms with Crippen molar-refractivity contribution in [1.82, 2.24) is 9.78 Å². The van der Waals surface area contributed by atoms with Crippen molar-refractivity contribution in [1.29, 1.82) is 0 Å². The summed E-state index contributed by atoms with van der Waals surface area (Å²) in [6.45, 7) is 5.65. The summed E-state index contributed by atoms with van der Waals surface area (Å²) in [7, 11) is -2.88. The van der Waals surface area contributed by atoms with Gasteiger partial charge in [0.15, 0.2) is 20.5 Å². The molecule has 1 aliphatic heterocycles. The van der Waals surface area contributed by atoms with Gasteiger partial charge in [0.25, 0.3) is 0 Å². The minimum Gasteiger partial charge on any atom is -0.330 e. The predicted molar refractivity (Wildman–Crippen MR) is 109 cm³/mol. The van der Waals surface area contributed by atoms with Gasteiger partial charge in [-0.3, -0.25) is 0 Å². The number of anilines is 2. The van der Waals surface area contributed by atoms with Crippen LogP contribution in [0.15, 0.2) is 24.3 Å². The van der Waals surface area contributed by atoms with E-state index >= 15 is 0 Å². The number of sulfone groups is 1. The first-order chi connectivity index (χ1) is 12.4. The van der Waals surface area contributed by atoms with Crippen molar-refractivity contribution in [2.75, 3.05) is 23.4 Å². The largest absolute Gasteiger partial charge is 0.330 e. The number of nitrogens with one attached hydrogen (secondary N) is 2. The standard InChI is InChI=1S/C17H24N4O2S3/c1-3-13-5-7-14(8-6-13)18-16-19-21(17(24)25-16)12-20(4-2)15-9-10-26(22,23)11-15/h5-8,15H,3-4,9-12H2,1-2H3,(H,18,19)/p+1/t15-/m1/s1. The van der Waals surface area contributed by atoms with Crippen LogP contribution in [0.5, 0.6) is 0 Å². The zero-order valence-electron chi connectivity index (χ0n) is 15.1. The fourth-order valence-corrected chi connectivity index (χ4v) is 6.10. The lowest BCUT2D eigenvalue weighted by molar-refractivity contribution is -0.943. The highest BCUT2D eigenvalue weighted by atomic mass is 32.2. The summed E-state index contributed by atoms with van der Waals surface area (Å²) in [5.41, 5.74) is 2.28. The molecule has 1 unspecified atom stereocenters. The fourth-order valence-electron chi connectivity index (χ4n) is 3.24.